The van der Waals surface area contributed by atoms with Crippen molar-refractivity contribution in [2.75, 3.05) is 5.73 Å². The van der Waals surface area contributed by atoms with Crippen molar-refractivity contribution >= 4 is 29.3 Å². The molecule has 0 atom stereocenters. The number of halogens is 1. The minimum absolute atomic E-state index is 0. The zero-order valence-electron chi connectivity index (χ0n) is 11.2. The summed E-state index contributed by atoms with van der Waals surface area (Å²) < 4.78 is 5.79. The number of hydrogen-bond acceptors (Lipinski definition) is 5. The molecule has 0 amide bonds. The maximum Gasteiger partial charge on any atom is 0.268 e. The van der Waals surface area contributed by atoms with Gasteiger partial charge in [0.15, 0.2) is 11.4 Å². The lowest BCUT2D eigenvalue weighted by atomic mass is 10.2. The first-order valence-electron chi connectivity index (χ1n) is 6.01. The summed E-state index contributed by atoms with van der Waals surface area (Å²) in [5.74, 6) is 1.17. The maximum atomic E-state index is 11.2. The van der Waals surface area contributed by atoms with Crippen LogP contribution >= 0.6 is 12.4 Å². The summed E-state index contributed by atoms with van der Waals surface area (Å²) in [7, 11) is 0. The maximum absolute atomic E-state index is 11.2. The number of ether oxygens (including phenoxy) is 1. The van der Waals surface area contributed by atoms with Gasteiger partial charge in [-0.15, -0.1) is 12.4 Å². The lowest BCUT2D eigenvalue weighted by molar-refractivity contribution is 0.486. The second-order valence-electron chi connectivity index (χ2n) is 4.37. The van der Waals surface area contributed by atoms with Crippen molar-refractivity contribution in [1.29, 1.82) is 0 Å². The number of nitrogens with one attached hydrogen (secondary N) is 1. The van der Waals surface area contributed by atoms with Crippen LogP contribution in [0.3, 0.4) is 0 Å². The zero-order chi connectivity index (χ0) is 14.1. The zero-order valence-corrected chi connectivity index (χ0v) is 12.0. The van der Waals surface area contributed by atoms with Crippen molar-refractivity contribution in [2.45, 2.75) is 6.92 Å². The Balaban J connectivity index is 0.00000161. The van der Waals surface area contributed by atoms with Crippen LogP contribution in [0, 0.1) is 6.92 Å². The highest BCUT2D eigenvalue weighted by molar-refractivity contribution is 5.85. The predicted molar refractivity (Wildman–Crippen MR) is 83.1 cm³/mol. The van der Waals surface area contributed by atoms with E-state index in [-0.39, 0.29) is 18.0 Å². The summed E-state index contributed by atoms with van der Waals surface area (Å²) in [6.07, 6.45) is 2.75. The van der Waals surface area contributed by atoms with Crippen molar-refractivity contribution in [3.05, 3.63) is 52.6 Å². The van der Waals surface area contributed by atoms with E-state index >= 15 is 0 Å². The standard InChI is InChI=1S/C14H12N4O2.ClH/c1-8-6-9(2-3-10(8)15)20-11-4-5-16-14-13(11)17-7-12(19)18-14;/h2-7H,15H2,1H3,(H,16,18,19);1H. The number of benzene rings is 1. The van der Waals surface area contributed by atoms with Gasteiger partial charge in [-0.1, -0.05) is 0 Å². The van der Waals surface area contributed by atoms with E-state index in [4.69, 9.17) is 10.5 Å². The number of nitrogens with two attached hydrogens (primary N) is 1. The van der Waals surface area contributed by atoms with Gasteiger partial charge < -0.3 is 15.5 Å². The number of pyridine rings is 1. The van der Waals surface area contributed by atoms with E-state index < -0.39 is 0 Å². The molecule has 0 saturated heterocycles. The second-order valence-corrected chi connectivity index (χ2v) is 4.37. The molecule has 2 heterocycles. The molecule has 0 unspecified atom stereocenters. The molecule has 0 aliphatic carbocycles. The number of aromatic amines is 1. The number of fused-ring (bicyclic) bond motifs is 1. The van der Waals surface area contributed by atoms with E-state index in [9.17, 15) is 4.79 Å². The quantitative estimate of drug-likeness (QED) is 0.709. The normalized spacial score (nSPS) is 10.1. The van der Waals surface area contributed by atoms with Crippen LogP contribution in [0.2, 0.25) is 0 Å². The molecule has 0 fully saturated rings. The fourth-order valence-corrected chi connectivity index (χ4v) is 1.85. The Morgan fingerprint density at radius 3 is 2.81 bits per heavy atom. The first kappa shape index (κ1) is 14.8. The van der Waals surface area contributed by atoms with Gasteiger partial charge in [0, 0.05) is 18.0 Å². The number of aryl methyl sites for hydroxylation is 1. The number of aromatic nitrogens is 3. The predicted octanol–water partition coefficient (Wildman–Crippen LogP) is 2.42. The van der Waals surface area contributed by atoms with Crippen LogP contribution in [0.25, 0.3) is 11.2 Å². The fourth-order valence-electron chi connectivity index (χ4n) is 1.85. The smallest absolute Gasteiger partial charge is 0.268 e. The van der Waals surface area contributed by atoms with Gasteiger partial charge in [0.1, 0.15) is 11.3 Å². The van der Waals surface area contributed by atoms with E-state index in [1.807, 2.05) is 13.0 Å². The lowest BCUT2D eigenvalue weighted by Gasteiger charge is -2.09. The molecule has 6 nitrogen and oxygen atoms in total. The van der Waals surface area contributed by atoms with E-state index in [0.717, 1.165) is 5.56 Å². The molecular formula is C14H13ClN4O2. The van der Waals surface area contributed by atoms with Crippen molar-refractivity contribution in [3.8, 4) is 11.5 Å². The van der Waals surface area contributed by atoms with Crippen molar-refractivity contribution < 1.29 is 4.74 Å². The van der Waals surface area contributed by atoms with Crippen LogP contribution < -0.4 is 16.0 Å². The van der Waals surface area contributed by atoms with E-state index in [2.05, 4.69) is 15.0 Å². The average Bonchev–Trinajstić information content (AvgIpc) is 2.43. The molecule has 108 valence electrons. The van der Waals surface area contributed by atoms with Crippen LogP contribution in [-0.4, -0.2) is 15.0 Å². The number of nitrogens with zero attached hydrogens (tertiary/aromatic N) is 2. The molecule has 0 aliphatic heterocycles. The van der Waals surface area contributed by atoms with E-state index in [0.29, 0.717) is 28.4 Å². The van der Waals surface area contributed by atoms with Crippen LogP contribution in [-0.2, 0) is 0 Å². The second kappa shape index (κ2) is 5.80. The number of H-pyrrole nitrogens is 1. The molecule has 0 spiro atoms. The Hall–Kier alpha value is -2.60. The van der Waals surface area contributed by atoms with Gasteiger partial charge in [0.2, 0.25) is 0 Å². The highest BCUT2D eigenvalue weighted by Gasteiger charge is 2.07. The van der Waals surface area contributed by atoms with Crippen LogP contribution in [0.4, 0.5) is 5.69 Å². The summed E-state index contributed by atoms with van der Waals surface area (Å²) in [5, 5.41) is 0. The van der Waals surface area contributed by atoms with E-state index in [1.165, 1.54) is 6.20 Å². The lowest BCUT2D eigenvalue weighted by Crippen LogP contribution is -2.06. The van der Waals surface area contributed by atoms with Gasteiger partial charge in [-0.25, -0.2) is 9.97 Å². The largest absolute Gasteiger partial charge is 0.455 e. The summed E-state index contributed by atoms with van der Waals surface area (Å²) in [6.45, 7) is 1.91. The first-order valence-corrected chi connectivity index (χ1v) is 6.01. The Kier molecular flexibility index (Phi) is 4.09. The number of rotatable bonds is 2. The Morgan fingerprint density at radius 1 is 1.24 bits per heavy atom. The first-order chi connectivity index (χ1) is 9.63. The summed E-state index contributed by atoms with van der Waals surface area (Å²) in [4.78, 5) is 21.9. The third-order valence-corrected chi connectivity index (χ3v) is 2.91. The van der Waals surface area contributed by atoms with Crippen molar-refractivity contribution in [2.24, 2.45) is 0 Å². The molecule has 1 aromatic carbocycles. The number of nitrogen functional groups attached to an aromatic ring is 1. The average molecular weight is 305 g/mol. The molecule has 3 N–H and O–H groups in total. The fraction of sp³-hybridized carbons (Fsp3) is 0.0714. The van der Waals surface area contributed by atoms with Gasteiger partial charge in [0.25, 0.3) is 5.56 Å². The highest BCUT2D eigenvalue weighted by atomic mass is 35.5. The van der Waals surface area contributed by atoms with Gasteiger partial charge >= 0.3 is 0 Å². The van der Waals surface area contributed by atoms with Crippen molar-refractivity contribution in [1.82, 2.24) is 15.0 Å². The third-order valence-electron chi connectivity index (χ3n) is 2.91. The van der Waals surface area contributed by atoms with E-state index in [1.54, 1.807) is 24.4 Å². The monoisotopic (exact) mass is 304 g/mol. The SMILES string of the molecule is Cc1cc(Oc2ccnc3[nH]c(=O)cnc23)ccc1N.Cl. The molecule has 0 bridgehead atoms. The van der Waals surface area contributed by atoms with Crippen molar-refractivity contribution in [3.63, 3.8) is 0 Å². The summed E-state index contributed by atoms with van der Waals surface area (Å²) in [5.41, 5.74) is 8.00. The molecule has 21 heavy (non-hydrogen) atoms. The molecule has 0 radical (unpaired) electrons. The molecule has 0 saturated carbocycles. The third kappa shape index (κ3) is 2.95. The van der Waals surface area contributed by atoms with Gasteiger partial charge in [-0.3, -0.25) is 4.79 Å². The van der Waals surface area contributed by atoms with Crippen LogP contribution in [0.1, 0.15) is 5.56 Å². The van der Waals surface area contributed by atoms with Crippen LogP contribution in [0.5, 0.6) is 11.5 Å². The molecule has 3 rings (SSSR count). The molecule has 3 aromatic rings. The Bertz CT molecular complexity index is 848. The topological polar surface area (TPSA) is 93.9 Å². The number of hydrogen-bond donors (Lipinski definition) is 2. The molecular weight excluding hydrogens is 292 g/mol. The highest BCUT2D eigenvalue weighted by Crippen LogP contribution is 2.27. The summed E-state index contributed by atoms with van der Waals surface area (Å²) in [6, 6.07) is 7.09. The van der Waals surface area contributed by atoms with Gasteiger partial charge in [0.05, 0.1) is 6.20 Å². The molecule has 7 heteroatoms. The minimum atomic E-state index is -0.300. The molecule has 0 aliphatic rings. The Labute approximate surface area is 126 Å². The summed E-state index contributed by atoms with van der Waals surface area (Å²) >= 11 is 0. The Morgan fingerprint density at radius 2 is 2.05 bits per heavy atom. The van der Waals surface area contributed by atoms with Gasteiger partial charge in [-0.05, 0) is 30.7 Å². The minimum Gasteiger partial charge on any atom is -0.455 e. The van der Waals surface area contributed by atoms with Crippen LogP contribution in [0.15, 0.2) is 41.5 Å². The molecule has 2 aromatic heterocycles. The van der Waals surface area contributed by atoms with Gasteiger partial charge in [-0.2, -0.15) is 0 Å². The number of anilines is 1.